The van der Waals surface area contributed by atoms with Crippen LogP contribution in [0.3, 0.4) is 0 Å². The summed E-state index contributed by atoms with van der Waals surface area (Å²) in [7, 11) is 3.00. The molecule has 6 nitrogen and oxygen atoms in total. The maximum atomic E-state index is 12.0. The minimum Gasteiger partial charge on any atom is -0.308 e. The highest BCUT2D eigenvalue weighted by Crippen LogP contribution is 2.15. The zero-order chi connectivity index (χ0) is 12.7. The van der Waals surface area contributed by atoms with Crippen molar-refractivity contribution in [2.24, 2.45) is 14.1 Å². The van der Waals surface area contributed by atoms with E-state index in [9.17, 15) is 9.59 Å². The molecule has 0 radical (unpaired) electrons. The van der Waals surface area contributed by atoms with Gasteiger partial charge in [0.25, 0.3) is 5.56 Å². The zero-order valence-electron chi connectivity index (χ0n) is 9.28. The molecule has 2 aromatic rings. The summed E-state index contributed by atoms with van der Waals surface area (Å²) in [5, 5.41) is 0.849. The molecule has 0 unspecified atom stereocenters. The van der Waals surface area contributed by atoms with Crippen molar-refractivity contribution >= 4 is 38.7 Å². The molecule has 2 aromatic heterocycles. The second kappa shape index (κ2) is 4.30. The Morgan fingerprint density at radius 2 is 1.94 bits per heavy atom. The first-order chi connectivity index (χ1) is 7.99. The van der Waals surface area contributed by atoms with E-state index in [1.165, 1.54) is 11.6 Å². The Labute approximate surface area is 110 Å². The van der Waals surface area contributed by atoms with Gasteiger partial charge in [-0.15, -0.1) is 0 Å². The third kappa shape index (κ3) is 1.73. The molecule has 0 bridgehead atoms. The molecule has 0 amide bonds. The minimum absolute atomic E-state index is 0.206. The number of halogens is 2. The lowest BCUT2D eigenvalue weighted by molar-refractivity contribution is 0.701. The number of aryl methyl sites for hydroxylation is 2. The van der Waals surface area contributed by atoms with Crippen LogP contribution >= 0.6 is 27.5 Å². The van der Waals surface area contributed by atoms with Crippen LogP contribution in [-0.4, -0.2) is 24.0 Å². The fourth-order valence-electron chi connectivity index (χ4n) is 1.71. The summed E-state index contributed by atoms with van der Waals surface area (Å²) in [6.45, 7) is 0.517. The van der Waals surface area contributed by atoms with Gasteiger partial charge in [-0.05, 0) is 11.6 Å². The van der Waals surface area contributed by atoms with Gasteiger partial charge in [-0.3, -0.25) is 13.9 Å². The van der Waals surface area contributed by atoms with Crippen molar-refractivity contribution in [3.63, 3.8) is 0 Å². The molecule has 0 saturated heterocycles. The minimum atomic E-state index is -0.414. The molecule has 92 valence electrons. The van der Waals surface area contributed by atoms with Crippen LogP contribution in [0.5, 0.6) is 0 Å². The summed E-state index contributed by atoms with van der Waals surface area (Å²) in [6, 6.07) is 0. The molecule has 0 spiro atoms. The van der Waals surface area contributed by atoms with Crippen molar-refractivity contribution < 1.29 is 0 Å². The molecule has 0 saturated carbocycles. The third-order valence-corrected chi connectivity index (χ3v) is 3.25. The number of imidazole rings is 1. The number of nitrogens with zero attached hydrogens (tertiary/aromatic N) is 4. The summed E-state index contributed by atoms with van der Waals surface area (Å²) >= 11 is 9.24. The predicted molar refractivity (Wildman–Crippen MR) is 69.0 cm³/mol. The van der Waals surface area contributed by atoms with E-state index >= 15 is 0 Å². The van der Waals surface area contributed by atoms with E-state index in [-0.39, 0.29) is 10.8 Å². The van der Waals surface area contributed by atoms with Crippen LogP contribution in [0, 0.1) is 0 Å². The topological polar surface area (TPSA) is 61.8 Å². The van der Waals surface area contributed by atoms with Crippen molar-refractivity contribution in [1.82, 2.24) is 18.7 Å². The molecule has 0 aromatic carbocycles. The van der Waals surface area contributed by atoms with Gasteiger partial charge in [0.1, 0.15) is 0 Å². The van der Waals surface area contributed by atoms with Crippen LogP contribution in [0.4, 0.5) is 0 Å². The standard InChI is InChI=1S/C9H10BrClN4O2/c1-13-6-5(7(16)14(2)9(13)17)15(4-3-10)8(11)12-6/h3-4H2,1-2H3. The fraction of sp³-hybridized carbons (Fsp3) is 0.444. The molecule has 0 aliphatic carbocycles. The molecular weight excluding hydrogens is 311 g/mol. The number of fused-ring (bicyclic) bond motifs is 1. The zero-order valence-corrected chi connectivity index (χ0v) is 11.6. The van der Waals surface area contributed by atoms with E-state index in [1.807, 2.05) is 0 Å². The molecule has 8 heteroatoms. The Morgan fingerprint density at radius 3 is 2.53 bits per heavy atom. The Bertz CT molecular complexity index is 700. The maximum Gasteiger partial charge on any atom is 0.332 e. The Morgan fingerprint density at radius 1 is 1.29 bits per heavy atom. The van der Waals surface area contributed by atoms with Gasteiger partial charge in [-0.2, -0.15) is 4.98 Å². The highest BCUT2D eigenvalue weighted by Gasteiger charge is 2.17. The lowest BCUT2D eigenvalue weighted by Gasteiger charge is -2.05. The van der Waals surface area contributed by atoms with Crippen LogP contribution in [0.15, 0.2) is 9.59 Å². The maximum absolute atomic E-state index is 12.0. The van der Waals surface area contributed by atoms with E-state index in [4.69, 9.17) is 11.6 Å². The third-order valence-electron chi connectivity index (χ3n) is 2.61. The molecule has 2 heterocycles. The number of hydrogen-bond donors (Lipinski definition) is 0. The van der Waals surface area contributed by atoms with Gasteiger partial charge in [0.2, 0.25) is 5.28 Å². The van der Waals surface area contributed by atoms with E-state index < -0.39 is 5.69 Å². The van der Waals surface area contributed by atoms with Gasteiger partial charge < -0.3 is 4.57 Å². The first kappa shape index (κ1) is 12.4. The van der Waals surface area contributed by atoms with Gasteiger partial charge >= 0.3 is 5.69 Å². The summed E-state index contributed by atoms with van der Waals surface area (Å²) in [5.41, 5.74) is -0.144. The van der Waals surface area contributed by atoms with Crippen LogP contribution in [0.1, 0.15) is 0 Å². The van der Waals surface area contributed by atoms with Crippen LogP contribution in [0.25, 0.3) is 11.2 Å². The monoisotopic (exact) mass is 320 g/mol. The van der Waals surface area contributed by atoms with Gasteiger partial charge in [0, 0.05) is 26.0 Å². The lowest BCUT2D eigenvalue weighted by Crippen LogP contribution is -2.37. The Hall–Kier alpha value is -1.08. The van der Waals surface area contributed by atoms with Crippen molar-refractivity contribution in [2.75, 3.05) is 5.33 Å². The molecule has 0 N–H and O–H groups in total. The van der Waals surface area contributed by atoms with Crippen LogP contribution < -0.4 is 11.2 Å². The van der Waals surface area contributed by atoms with Crippen molar-refractivity contribution in [1.29, 1.82) is 0 Å². The van der Waals surface area contributed by atoms with Crippen molar-refractivity contribution in [2.45, 2.75) is 6.54 Å². The van der Waals surface area contributed by atoms with E-state index in [1.54, 1.807) is 11.6 Å². The Kier molecular flexibility index (Phi) is 3.13. The van der Waals surface area contributed by atoms with Crippen LogP contribution in [-0.2, 0) is 20.6 Å². The Balaban J connectivity index is 3.02. The first-order valence-corrected chi connectivity index (χ1v) is 6.36. The molecule has 17 heavy (non-hydrogen) atoms. The summed E-state index contributed by atoms with van der Waals surface area (Å²) in [6.07, 6.45) is 0. The van der Waals surface area contributed by atoms with Crippen molar-refractivity contribution in [3.05, 3.63) is 26.1 Å². The molecule has 0 atom stereocenters. The van der Waals surface area contributed by atoms with Gasteiger partial charge in [0.05, 0.1) is 0 Å². The summed E-state index contributed by atoms with van der Waals surface area (Å²) in [5.74, 6) is 0. The average Bonchev–Trinajstić information content (AvgIpc) is 2.62. The van der Waals surface area contributed by atoms with E-state index in [0.717, 1.165) is 4.57 Å². The molecule has 0 aliphatic rings. The number of hydrogen-bond acceptors (Lipinski definition) is 3. The SMILES string of the molecule is Cn1c(=O)c2c(nc(Cl)n2CCBr)n(C)c1=O. The van der Waals surface area contributed by atoms with Gasteiger partial charge in [-0.25, -0.2) is 4.79 Å². The highest BCUT2D eigenvalue weighted by molar-refractivity contribution is 9.09. The second-order valence-corrected chi connectivity index (χ2v) is 4.73. The second-order valence-electron chi connectivity index (χ2n) is 3.60. The largest absolute Gasteiger partial charge is 0.332 e. The predicted octanol–water partition coefficient (Wildman–Crippen LogP) is 0.482. The highest BCUT2D eigenvalue weighted by atomic mass is 79.9. The molecule has 2 rings (SSSR count). The average molecular weight is 322 g/mol. The summed E-state index contributed by atoms with van der Waals surface area (Å²) < 4.78 is 3.95. The first-order valence-electron chi connectivity index (χ1n) is 4.86. The smallest absolute Gasteiger partial charge is 0.308 e. The van der Waals surface area contributed by atoms with E-state index in [2.05, 4.69) is 20.9 Å². The molecule has 0 aliphatic heterocycles. The summed E-state index contributed by atoms with van der Waals surface area (Å²) in [4.78, 5) is 27.8. The van der Waals surface area contributed by atoms with Crippen LogP contribution in [0.2, 0.25) is 5.28 Å². The quantitative estimate of drug-likeness (QED) is 0.597. The number of aromatic nitrogens is 4. The van der Waals surface area contributed by atoms with Crippen molar-refractivity contribution in [3.8, 4) is 0 Å². The molecular formula is C9H10BrClN4O2. The molecule has 0 fully saturated rings. The normalized spacial score (nSPS) is 11.3. The van der Waals surface area contributed by atoms with Gasteiger partial charge in [0.15, 0.2) is 11.2 Å². The number of alkyl halides is 1. The number of rotatable bonds is 2. The van der Waals surface area contributed by atoms with E-state index in [0.29, 0.717) is 23.0 Å². The van der Waals surface area contributed by atoms with Gasteiger partial charge in [-0.1, -0.05) is 15.9 Å². The fourth-order valence-corrected chi connectivity index (χ4v) is 2.31. The lowest BCUT2D eigenvalue weighted by atomic mass is 10.5.